The second-order valence-corrected chi connectivity index (χ2v) is 3.44. The van der Waals surface area contributed by atoms with Crippen LogP contribution in [0, 0.1) is 6.92 Å². The van der Waals surface area contributed by atoms with Crippen molar-refractivity contribution in [3.05, 3.63) is 28.4 Å². The van der Waals surface area contributed by atoms with Crippen molar-refractivity contribution in [1.82, 2.24) is 14.9 Å². The normalized spacial score (nSPS) is 22.1. The second kappa shape index (κ2) is 3.30. The fourth-order valence-electron chi connectivity index (χ4n) is 1.67. The highest BCUT2D eigenvalue weighted by Gasteiger charge is 2.17. The number of hydrogen-bond donors (Lipinski definition) is 1. The van der Waals surface area contributed by atoms with Crippen LogP contribution in [0.1, 0.15) is 18.0 Å². The number of rotatable bonds is 1. The summed E-state index contributed by atoms with van der Waals surface area (Å²) in [5.41, 5.74) is 0.804. The van der Waals surface area contributed by atoms with Gasteiger partial charge in [0.05, 0.1) is 12.4 Å². The van der Waals surface area contributed by atoms with E-state index >= 15 is 0 Å². The zero-order chi connectivity index (χ0) is 9.26. The van der Waals surface area contributed by atoms with Gasteiger partial charge in [0.25, 0.3) is 5.56 Å². The average molecular weight is 179 g/mol. The van der Waals surface area contributed by atoms with Crippen LogP contribution in [0.25, 0.3) is 0 Å². The molecule has 1 unspecified atom stereocenters. The van der Waals surface area contributed by atoms with Crippen LogP contribution in [0.5, 0.6) is 0 Å². The van der Waals surface area contributed by atoms with E-state index in [0.29, 0.717) is 6.04 Å². The Balaban J connectivity index is 2.39. The molecular formula is C9H13N3O. The first-order valence-electron chi connectivity index (χ1n) is 4.52. The maximum absolute atomic E-state index is 11.7. The first-order chi connectivity index (χ1) is 6.29. The first kappa shape index (κ1) is 8.44. The van der Waals surface area contributed by atoms with E-state index in [0.717, 1.165) is 25.1 Å². The van der Waals surface area contributed by atoms with Gasteiger partial charge in [0, 0.05) is 18.3 Å². The van der Waals surface area contributed by atoms with Crippen LogP contribution in [0.2, 0.25) is 0 Å². The number of nitrogens with one attached hydrogen (secondary N) is 1. The van der Waals surface area contributed by atoms with E-state index < -0.39 is 0 Å². The van der Waals surface area contributed by atoms with E-state index in [2.05, 4.69) is 10.3 Å². The van der Waals surface area contributed by atoms with Gasteiger partial charge in [-0.1, -0.05) is 0 Å². The molecule has 1 atom stereocenters. The van der Waals surface area contributed by atoms with Crippen LogP contribution in [-0.4, -0.2) is 22.6 Å². The largest absolute Gasteiger partial charge is 0.315 e. The van der Waals surface area contributed by atoms with Crippen molar-refractivity contribution >= 4 is 0 Å². The molecule has 1 N–H and O–H groups in total. The molecule has 2 rings (SSSR count). The highest BCUT2D eigenvalue weighted by molar-refractivity contribution is 5.02. The molecule has 1 aliphatic rings. The molecule has 0 bridgehead atoms. The molecule has 0 spiro atoms. The van der Waals surface area contributed by atoms with Gasteiger partial charge in [0.1, 0.15) is 0 Å². The maximum Gasteiger partial charge on any atom is 0.256 e. The molecule has 70 valence electrons. The van der Waals surface area contributed by atoms with E-state index in [1.807, 2.05) is 0 Å². The summed E-state index contributed by atoms with van der Waals surface area (Å²) in [5, 5.41) is 3.23. The monoisotopic (exact) mass is 179 g/mol. The van der Waals surface area contributed by atoms with Crippen LogP contribution in [0.3, 0.4) is 0 Å². The van der Waals surface area contributed by atoms with Crippen molar-refractivity contribution in [3.63, 3.8) is 0 Å². The minimum Gasteiger partial charge on any atom is -0.315 e. The minimum atomic E-state index is 0.0868. The fourth-order valence-corrected chi connectivity index (χ4v) is 1.67. The molecule has 1 aromatic heterocycles. The lowest BCUT2D eigenvalue weighted by atomic mass is 10.2. The SMILES string of the molecule is Cc1cncn(C2CCNC2)c1=O. The summed E-state index contributed by atoms with van der Waals surface area (Å²) in [5.74, 6) is 0. The molecule has 4 heteroatoms. The molecule has 1 aliphatic heterocycles. The maximum atomic E-state index is 11.7. The average Bonchev–Trinajstić information content (AvgIpc) is 2.62. The number of nitrogens with zero attached hydrogens (tertiary/aromatic N) is 2. The molecule has 0 saturated carbocycles. The molecule has 1 fully saturated rings. The lowest BCUT2D eigenvalue weighted by molar-refractivity contribution is 0.518. The van der Waals surface area contributed by atoms with Crippen molar-refractivity contribution in [2.45, 2.75) is 19.4 Å². The third-order valence-electron chi connectivity index (χ3n) is 2.46. The van der Waals surface area contributed by atoms with Gasteiger partial charge in [0.15, 0.2) is 0 Å². The lowest BCUT2D eigenvalue weighted by Crippen LogP contribution is -2.27. The van der Waals surface area contributed by atoms with Gasteiger partial charge in [-0.25, -0.2) is 4.98 Å². The molecule has 0 aliphatic carbocycles. The van der Waals surface area contributed by atoms with Crippen LogP contribution in [0.15, 0.2) is 17.3 Å². The van der Waals surface area contributed by atoms with E-state index in [1.165, 1.54) is 0 Å². The lowest BCUT2D eigenvalue weighted by Gasteiger charge is -2.11. The Labute approximate surface area is 76.6 Å². The summed E-state index contributed by atoms with van der Waals surface area (Å²) < 4.78 is 1.73. The summed E-state index contributed by atoms with van der Waals surface area (Å²) >= 11 is 0. The minimum absolute atomic E-state index is 0.0868. The highest BCUT2D eigenvalue weighted by atomic mass is 16.1. The molecule has 2 heterocycles. The molecule has 0 radical (unpaired) electrons. The topological polar surface area (TPSA) is 46.9 Å². The number of hydrogen-bond acceptors (Lipinski definition) is 3. The fraction of sp³-hybridized carbons (Fsp3) is 0.556. The Morgan fingerprint density at radius 3 is 3.23 bits per heavy atom. The van der Waals surface area contributed by atoms with Gasteiger partial charge >= 0.3 is 0 Å². The van der Waals surface area contributed by atoms with Gasteiger partial charge in [-0.3, -0.25) is 9.36 Å². The molecule has 4 nitrogen and oxygen atoms in total. The second-order valence-electron chi connectivity index (χ2n) is 3.44. The number of aromatic nitrogens is 2. The Morgan fingerprint density at radius 1 is 1.69 bits per heavy atom. The first-order valence-corrected chi connectivity index (χ1v) is 4.52. The summed E-state index contributed by atoms with van der Waals surface area (Å²) in [6.45, 7) is 3.67. The van der Waals surface area contributed by atoms with Crippen molar-refractivity contribution in [3.8, 4) is 0 Å². The predicted octanol–water partition coefficient (Wildman–Crippen LogP) is 0.0861. The standard InChI is InChI=1S/C9H13N3O/c1-7-4-11-6-12(9(7)13)8-2-3-10-5-8/h4,6,8,10H,2-3,5H2,1H3. The van der Waals surface area contributed by atoms with E-state index in [9.17, 15) is 4.79 Å². The summed E-state index contributed by atoms with van der Waals surface area (Å²) in [4.78, 5) is 15.7. The summed E-state index contributed by atoms with van der Waals surface area (Å²) in [6.07, 6.45) is 4.26. The summed E-state index contributed by atoms with van der Waals surface area (Å²) in [7, 11) is 0. The van der Waals surface area contributed by atoms with Crippen molar-refractivity contribution in [2.24, 2.45) is 0 Å². The van der Waals surface area contributed by atoms with Gasteiger partial charge in [-0.05, 0) is 19.9 Å². The van der Waals surface area contributed by atoms with Crippen LogP contribution in [0.4, 0.5) is 0 Å². The molecule has 0 amide bonds. The molecule has 13 heavy (non-hydrogen) atoms. The van der Waals surface area contributed by atoms with E-state index in [-0.39, 0.29) is 5.56 Å². The Bertz CT molecular complexity index is 352. The third-order valence-corrected chi connectivity index (χ3v) is 2.46. The zero-order valence-electron chi connectivity index (χ0n) is 7.66. The van der Waals surface area contributed by atoms with Gasteiger partial charge in [-0.15, -0.1) is 0 Å². The van der Waals surface area contributed by atoms with Crippen LogP contribution in [-0.2, 0) is 0 Å². The smallest absolute Gasteiger partial charge is 0.256 e. The van der Waals surface area contributed by atoms with Crippen molar-refractivity contribution in [2.75, 3.05) is 13.1 Å². The third kappa shape index (κ3) is 1.49. The number of aryl methyl sites for hydroxylation is 1. The van der Waals surface area contributed by atoms with Gasteiger partial charge in [-0.2, -0.15) is 0 Å². The zero-order valence-corrected chi connectivity index (χ0v) is 7.66. The molecular weight excluding hydrogens is 166 g/mol. The Morgan fingerprint density at radius 2 is 2.54 bits per heavy atom. The van der Waals surface area contributed by atoms with Crippen LogP contribution < -0.4 is 10.9 Å². The predicted molar refractivity (Wildman–Crippen MR) is 49.8 cm³/mol. The van der Waals surface area contributed by atoms with E-state index in [4.69, 9.17) is 0 Å². The van der Waals surface area contributed by atoms with Gasteiger partial charge < -0.3 is 5.32 Å². The molecule has 0 aromatic carbocycles. The van der Waals surface area contributed by atoms with Gasteiger partial charge in [0.2, 0.25) is 0 Å². The quantitative estimate of drug-likeness (QED) is 0.664. The Hall–Kier alpha value is -1.16. The Kier molecular flexibility index (Phi) is 2.14. The molecule has 1 saturated heterocycles. The highest BCUT2D eigenvalue weighted by Crippen LogP contribution is 2.11. The van der Waals surface area contributed by atoms with E-state index in [1.54, 1.807) is 24.0 Å². The van der Waals surface area contributed by atoms with Crippen molar-refractivity contribution < 1.29 is 0 Å². The summed E-state index contributed by atoms with van der Waals surface area (Å²) in [6, 6.07) is 0.292. The molecule has 1 aromatic rings. The van der Waals surface area contributed by atoms with Crippen molar-refractivity contribution in [1.29, 1.82) is 0 Å². The van der Waals surface area contributed by atoms with Crippen LogP contribution >= 0.6 is 0 Å².